The lowest BCUT2D eigenvalue weighted by Crippen LogP contribution is -2.48. The lowest BCUT2D eigenvalue weighted by atomic mass is 10.1. The van der Waals surface area contributed by atoms with E-state index >= 15 is 0 Å². The van der Waals surface area contributed by atoms with E-state index in [1.54, 1.807) is 26.0 Å². The Morgan fingerprint density at radius 3 is 2.54 bits per heavy atom. The molecule has 0 aromatic heterocycles. The smallest absolute Gasteiger partial charge is 0.219 e. The number of aryl methyl sites for hydroxylation is 1. The molecule has 158 valence electrons. The molecule has 0 saturated carbocycles. The van der Waals surface area contributed by atoms with Crippen molar-refractivity contribution in [3.8, 4) is 0 Å². The van der Waals surface area contributed by atoms with Gasteiger partial charge in [0.1, 0.15) is 5.82 Å². The van der Waals surface area contributed by atoms with Crippen molar-refractivity contribution < 1.29 is 9.18 Å². The molecule has 1 aliphatic rings. The molecule has 1 fully saturated rings. The number of hydrogen-bond acceptors (Lipinski definition) is 3. The largest absolute Gasteiger partial charge is 0.357 e. The maximum Gasteiger partial charge on any atom is 0.219 e. The first-order valence-electron chi connectivity index (χ1n) is 9.69. The Bertz CT molecular complexity index is 662. The second kappa shape index (κ2) is 12.2. The number of nitrogens with one attached hydrogen (secondary N) is 2. The van der Waals surface area contributed by atoms with E-state index in [-0.39, 0.29) is 41.7 Å². The Morgan fingerprint density at radius 1 is 1.29 bits per heavy atom. The number of halogens is 2. The lowest BCUT2D eigenvalue weighted by Gasteiger charge is -2.33. The van der Waals surface area contributed by atoms with Crippen LogP contribution in [0.4, 0.5) is 4.39 Å². The number of aliphatic imine (C=N–C) groups is 1. The highest BCUT2D eigenvalue weighted by atomic mass is 127. The molecule has 0 bridgehead atoms. The van der Waals surface area contributed by atoms with Crippen LogP contribution in [-0.2, 0) is 4.79 Å². The Labute approximate surface area is 185 Å². The Kier molecular flexibility index (Phi) is 10.7. The van der Waals surface area contributed by atoms with Gasteiger partial charge in [0.15, 0.2) is 5.96 Å². The van der Waals surface area contributed by atoms with E-state index in [2.05, 4.69) is 20.5 Å². The predicted octanol–water partition coefficient (Wildman–Crippen LogP) is 2.53. The molecule has 2 N–H and O–H groups in total. The molecule has 0 radical (unpaired) electrons. The molecular weight excluding hydrogens is 472 g/mol. The molecule has 28 heavy (non-hydrogen) atoms. The minimum Gasteiger partial charge on any atom is -0.357 e. The zero-order valence-corrected chi connectivity index (χ0v) is 19.6. The van der Waals surface area contributed by atoms with E-state index in [1.807, 2.05) is 24.8 Å². The Hall–Kier alpha value is -1.42. The third-order valence-electron chi connectivity index (χ3n) is 4.90. The van der Waals surface area contributed by atoms with Gasteiger partial charge in [0.25, 0.3) is 0 Å². The molecular formula is C20H33FIN5O. The monoisotopic (exact) mass is 505 g/mol. The molecule has 1 aromatic carbocycles. The fourth-order valence-electron chi connectivity index (χ4n) is 3.08. The summed E-state index contributed by atoms with van der Waals surface area (Å²) in [5.74, 6) is 0.689. The summed E-state index contributed by atoms with van der Waals surface area (Å²) in [4.78, 5) is 20.2. The summed E-state index contributed by atoms with van der Waals surface area (Å²) in [6, 6.07) is 5.27. The van der Waals surface area contributed by atoms with Crippen molar-refractivity contribution in [2.45, 2.75) is 33.7 Å². The maximum absolute atomic E-state index is 13.8. The van der Waals surface area contributed by atoms with Crippen LogP contribution in [0.1, 0.15) is 37.9 Å². The van der Waals surface area contributed by atoms with E-state index in [1.165, 1.54) is 0 Å². The van der Waals surface area contributed by atoms with Crippen LogP contribution in [0.2, 0.25) is 0 Å². The Balaban J connectivity index is 0.00000392. The Morgan fingerprint density at radius 2 is 1.96 bits per heavy atom. The lowest BCUT2D eigenvalue weighted by molar-refractivity contribution is -0.130. The highest BCUT2D eigenvalue weighted by Gasteiger charge is 2.18. The average molecular weight is 505 g/mol. The number of piperazine rings is 1. The van der Waals surface area contributed by atoms with Crippen LogP contribution in [0.3, 0.4) is 0 Å². The van der Waals surface area contributed by atoms with Crippen molar-refractivity contribution in [1.29, 1.82) is 0 Å². The van der Waals surface area contributed by atoms with Crippen molar-refractivity contribution in [1.82, 2.24) is 20.4 Å². The predicted molar refractivity (Wildman–Crippen MR) is 123 cm³/mol. The van der Waals surface area contributed by atoms with Gasteiger partial charge in [0.05, 0.1) is 12.6 Å². The summed E-state index contributed by atoms with van der Waals surface area (Å²) in [7, 11) is 0. The van der Waals surface area contributed by atoms with Crippen LogP contribution < -0.4 is 10.6 Å². The first-order valence-corrected chi connectivity index (χ1v) is 9.69. The van der Waals surface area contributed by atoms with E-state index in [0.29, 0.717) is 12.1 Å². The van der Waals surface area contributed by atoms with Gasteiger partial charge in [0, 0.05) is 46.2 Å². The van der Waals surface area contributed by atoms with Crippen molar-refractivity contribution in [2.75, 3.05) is 45.8 Å². The summed E-state index contributed by atoms with van der Waals surface area (Å²) in [5.41, 5.74) is 1.54. The number of carbonyl (C=O) groups is 1. The number of nitrogens with zero attached hydrogens (tertiary/aromatic N) is 3. The molecule has 1 unspecified atom stereocenters. The van der Waals surface area contributed by atoms with Gasteiger partial charge >= 0.3 is 0 Å². The molecule has 1 atom stereocenters. The number of hydrogen-bond donors (Lipinski definition) is 2. The third kappa shape index (κ3) is 7.54. The first kappa shape index (κ1) is 24.6. The first-order chi connectivity index (χ1) is 12.9. The van der Waals surface area contributed by atoms with Crippen LogP contribution in [0.5, 0.6) is 0 Å². The van der Waals surface area contributed by atoms with Gasteiger partial charge in [0.2, 0.25) is 5.91 Å². The van der Waals surface area contributed by atoms with Crippen molar-refractivity contribution in [2.24, 2.45) is 4.99 Å². The second-order valence-electron chi connectivity index (χ2n) is 6.98. The molecule has 1 saturated heterocycles. The van der Waals surface area contributed by atoms with E-state index in [9.17, 15) is 9.18 Å². The van der Waals surface area contributed by atoms with Gasteiger partial charge in [-0.15, -0.1) is 24.0 Å². The van der Waals surface area contributed by atoms with Gasteiger partial charge in [-0.1, -0.05) is 12.1 Å². The summed E-state index contributed by atoms with van der Waals surface area (Å²) in [6.07, 6.45) is 0. The summed E-state index contributed by atoms with van der Waals surface area (Å²) >= 11 is 0. The quantitative estimate of drug-likeness (QED) is 0.355. The van der Waals surface area contributed by atoms with Crippen LogP contribution in [0, 0.1) is 12.7 Å². The summed E-state index contributed by atoms with van der Waals surface area (Å²) in [5, 5.41) is 6.58. The zero-order valence-electron chi connectivity index (χ0n) is 17.3. The average Bonchev–Trinajstić information content (AvgIpc) is 2.64. The topological polar surface area (TPSA) is 60.0 Å². The summed E-state index contributed by atoms with van der Waals surface area (Å²) < 4.78 is 13.8. The molecule has 0 spiro atoms. The van der Waals surface area contributed by atoms with Crippen LogP contribution in [0.15, 0.2) is 23.2 Å². The number of benzene rings is 1. The molecule has 0 aliphatic carbocycles. The van der Waals surface area contributed by atoms with Crippen molar-refractivity contribution in [3.63, 3.8) is 0 Å². The molecule has 1 heterocycles. The van der Waals surface area contributed by atoms with Gasteiger partial charge in [-0.05, 0) is 38.0 Å². The third-order valence-corrected chi connectivity index (χ3v) is 4.90. The fraction of sp³-hybridized carbons (Fsp3) is 0.600. The molecule has 6 nitrogen and oxygen atoms in total. The van der Waals surface area contributed by atoms with E-state index < -0.39 is 0 Å². The van der Waals surface area contributed by atoms with E-state index in [4.69, 9.17) is 0 Å². The van der Waals surface area contributed by atoms with Gasteiger partial charge in [-0.2, -0.15) is 0 Å². The molecule has 8 heteroatoms. The van der Waals surface area contributed by atoms with Gasteiger partial charge in [-0.25, -0.2) is 4.39 Å². The molecule has 1 amide bonds. The van der Waals surface area contributed by atoms with Crippen LogP contribution in [0.25, 0.3) is 0 Å². The number of rotatable bonds is 6. The minimum absolute atomic E-state index is 0. The molecule has 1 aromatic rings. The van der Waals surface area contributed by atoms with Gasteiger partial charge < -0.3 is 15.5 Å². The van der Waals surface area contributed by atoms with E-state index in [0.717, 1.165) is 50.8 Å². The standard InChI is InChI=1S/C20H32FN5O.HI/c1-5-22-20(24-16(3)18-7-6-15(2)19(21)14-18)23-8-9-25-10-12-26(13-11-25)17(4)27;/h6-7,14,16H,5,8-13H2,1-4H3,(H2,22,23,24);1H. The van der Waals surface area contributed by atoms with Crippen LogP contribution in [-0.4, -0.2) is 67.5 Å². The zero-order chi connectivity index (χ0) is 19.8. The van der Waals surface area contributed by atoms with Gasteiger partial charge in [-0.3, -0.25) is 14.7 Å². The maximum atomic E-state index is 13.8. The minimum atomic E-state index is -0.187. The second-order valence-corrected chi connectivity index (χ2v) is 6.98. The SMILES string of the molecule is CCNC(=NCCN1CCN(C(C)=O)CC1)NC(C)c1ccc(C)c(F)c1.I. The van der Waals surface area contributed by atoms with Crippen LogP contribution >= 0.6 is 24.0 Å². The normalized spacial score (nSPS) is 16.3. The molecule has 1 aliphatic heterocycles. The number of guanidine groups is 1. The fourth-order valence-corrected chi connectivity index (χ4v) is 3.08. The molecule has 2 rings (SSSR count). The highest BCUT2D eigenvalue weighted by molar-refractivity contribution is 14.0. The highest BCUT2D eigenvalue weighted by Crippen LogP contribution is 2.16. The number of carbonyl (C=O) groups excluding carboxylic acids is 1. The number of amides is 1. The summed E-state index contributed by atoms with van der Waals surface area (Å²) in [6.45, 7) is 13.0. The van der Waals surface area contributed by atoms with Crippen molar-refractivity contribution in [3.05, 3.63) is 35.1 Å². The van der Waals surface area contributed by atoms with Crippen molar-refractivity contribution >= 4 is 35.8 Å².